The molecule has 0 aliphatic heterocycles. The summed E-state index contributed by atoms with van der Waals surface area (Å²) in [5.41, 5.74) is 3.94. The molecule has 2 aromatic rings. The highest BCUT2D eigenvalue weighted by Gasteiger charge is 2.38. The van der Waals surface area contributed by atoms with Gasteiger partial charge in [0.05, 0.1) is 16.7 Å². The van der Waals surface area contributed by atoms with Gasteiger partial charge in [0.1, 0.15) is 17.2 Å². The molecule has 7 heteroatoms. The van der Waals surface area contributed by atoms with Crippen molar-refractivity contribution in [1.29, 1.82) is 0 Å². The Kier molecular flexibility index (Phi) is 4.18. The van der Waals surface area contributed by atoms with Gasteiger partial charge in [-0.1, -0.05) is 26.0 Å². The molecule has 1 amide bonds. The largest absolute Gasteiger partial charge is 0.507 e. The Hall–Kier alpha value is -3.35. The van der Waals surface area contributed by atoms with Crippen LogP contribution in [0.2, 0.25) is 0 Å². The van der Waals surface area contributed by atoms with Crippen LogP contribution in [-0.2, 0) is 11.2 Å². The topological polar surface area (TPSA) is 138 Å². The molecule has 0 atom stereocenters. The van der Waals surface area contributed by atoms with Crippen molar-refractivity contribution in [2.75, 3.05) is 0 Å². The Morgan fingerprint density at radius 2 is 1.67 bits per heavy atom. The predicted octanol–water partition coefficient (Wildman–Crippen LogP) is 2.02. The van der Waals surface area contributed by atoms with Gasteiger partial charge in [-0.05, 0) is 29.5 Å². The van der Waals surface area contributed by atoms with Gasteiger partial charge in [-0.3, -0.25) is 14.4 Å². The summed E-state index contributed by atoms with van der Waals surface area (Å²) in [4.78, 5) is 36.9. The third-order valence-electron chi connectivity index (χ3n) is 4.65. The number of phenolic OH excluding ortho intramolecular Hbond substituents is 3. The normalized spacial score (nSPS) is 13.3. The number of fused-ring (bicyclic) bond motifs is 2. The van der Waals surface area contributed by atoms with E-state index < -0.39 is 34.4 Å². The van der Waals surface area contributed by atoms with Crippen molar-refractivity contribution < 1.29 is 29.7 Å². The molecular formula is C20H19NO6. The first kappa shape index (κ1) is 18.4. The van der Waals surface area contributed by atoms with E-state index in [4.69, 9.17) is 5.73 Å². The number of hydrogen-bond donors (Lipinski definition) is 4. The minimum atomic E-state index is -0.742. The quantitative estimate of drug-likeness (QED) is 0.519. The number of nitrogens with two attached hydrogens (primary N) is 1. The second-order valence-corrected chi connectivity index (χ2v) is 7.50. The lowest BCUT2D eigenvalue weighted by atomic mass is 9.78. The maximum Gasteiger partial charge on any atom is 0.217 e. The fourth-order valence-electron chi connectivity index (χ4n) is 3.58. The number of amides is 1. The van der Waals surface area contributed by atoms with Crippen LogP contribution in [0, 0.1) is 5.41 Å². The number of aromatic hydroxyl groups is 3. The SMILES string of the molecule is CC(C)(CC(N)=O)Cc1cc(O)c2c(c1O)C(=O)c1cccc(O)c1C2=O. The summed E-state index contributed by atoms with van der Waals surface area (Å²) in [5.74, 6) is -3.20. The third-order valence-corrected chi connectivity index (χ3v) is 4.65. The van der Waals surface area contributed by atoms with E-state index in [0.717, 1.165) is 0 Å². The molecule has 1 aliphatic rings. The lowest BCUT2D eigenvalue weighted by molar-refractivity contribution is -0.119. The summed E-state index contributed by atoms with van der Waals surface area (Å²) in [6.45, 7) is 3.52. The molecule has 3 rings (SSSR count). The summed E-state index contributed by atoms with van der Waals surface area (Å²) in [6.07, 6.45) is 0.185. The van der Waals surface area contributed by atoms with Gasteiger partial charge in [-0.2, -0.15) is 0 Å². The molecule has 0 saturated carbocycles. The van der Waals surface area contributed by atoms with Crippen molar-refractivity contribution in [1.82, 2.24) is 0 Å². The smallest absolute Gasteiger partial charge is 0.217 e. The van der Waals surface area contributed by atoms with E-state index in [9.17, 15) is 29.7 Å². The number of hydrogen-bond acceptors (Lipinski definition) is 6. The van der Waals surface area contributed by atoms with E-state index in [2.05, 4.69) is 0 Å². The molecule has 0 fully saturated rings. The van der Waals surface area contributed by atoms with Crippen LogP contribution in [0.3, 0.4) is 0 Å². The van der Waals surface area contributed by atoms with Crippen LogP contribution < -0.4 is 5.73 Å². The van der Waals surface area contributed by atoms with E-state index in [0.29, 0.717) is 0 Å². The summed E-state index contributed by atoms with van der Waals surface area (Å²) in [5, 5.41) is 31.0. The van der Waals surface area contributed by atoms with E-state index in [1.807, 2.05) is 0 Å². The zero-order chi connectivity index (χ0) is 20.1. The zero-order valence-electron chi connectivity index (χ0n) is 14.9. The summed E-state index contributed by atoms with van der Waals surface area (Å²) >= 11 is 0. The number of primary amides is 1. The standard InChI is InChI=1S/C20H19NO6/c1-20(2,8-13(21)24)7-9-6-12(23)15-16(17(9)25)18(26)10-4-3-5-11(22)14(10)19(15)27/h3-6,22-23,25H,7-8H2,1-2H3,(H2,21,24). The zero-order valence-corrected chi connectivity index (χ0v) is 14.9. The summed E-state index contributed by atoms with van der Waals surface area (Å²) in [6, 6.07) is 5.26. The first-order valence-corrected chi connectivity index (χ1v) is 8.31. The predicted molar refractivity (Wildman–Crippen MR) is 96.0 cm³/mol. The Labute approximate surface area is 155 Å². The van der Waals surface area contributed by atoms with E-state index in [1.54, 1.807) is 13.8 Å². The lowest BCUT2D eigenvalue weighted by Gasteiger charge is -2.26. The Bertz CT molecular complexity index is 1010. The molecule has 7 nitrogen and oxygen atoms in total. The van der Waals surface area contributed by atoms with Gasteiger partial charge in [-0.15, -0.1) is 0 Å². The molecule has 0 aromatic heterocycles. The highest BCUT2D eigenvalue weighted by Crippen LogP contribution is 2.43. The fraction of sp³-hybridized carbons (Fsp3) is 0.250. The van der Waals surface area contributed by atoms with Crippen LogP contribution in [0.5, 0.6) is 17.2 Å². The highest BCUT2D eigenvalue weighted by atomic mass is 16.3. The van der Waals surface area contributed by atoms with Crippen LogP contribution in [0.25, 0.3) is 0 Å². The maximum absolute atomic E-state index is 12.9. The molecule has 0 unspecified atom stereocenters. The van der Waals surface area contributed by atoms with Crippen LogP contribution >= 0.6 is 0 Å². The van der Waals surface area contributed by atoms with Crippen molar-refractivity contribution in [3.8, 4) is 17.2 Å². The lowest BCUT2D eigenvalue weighted by Crippen LogP contribution is -2.25. The van der Waals surface area contributed by atoms with Crippen LogP contribution in [-0.4, -0.2) is 32.8 Å². The minimum absolute atomic E-state index is 0.0356. The molecule has 5 N–H and O–H groups in total. The van der Waals surface area contributed by atoms with Gasteiger partial charge in [-0.25, -0.2) is 0 Å². The van der Waals surface area contributed by atoms with E-state index in [1.165, 1.54) is 24.3 Å². The second kappa shape index (κ2) is 6.12. The van der Waals surface area contributed by atoms with Crippen molar-refractivity contribution in [2.45, 2.75) is 26.7 Å². The van der Waals surface area contributed by atoms with Gasteiger partial charge in [0.15, 0.2) is 5.78 Å². The first-order chi connectivity index (χ1) is 12.5. The van der Waals surface area contributed by atoms with Gasteiger partial charge in [0.25, 0.3) is 0 Å². The van der Waals surface area contributed by atoms with E-state index >= 15 is 0 Å². The third kappa shape index (κ3) is 3.01. The molecule has 27 heavy (non-hydrogen) atoms. The summed E-state index contributed by atoms with van der Waals surface area (Å²) < 4.78 is 0. The molecule has 1 aliphatic carbocycles. The van der Waals surface area contributed by atoms with Crippen molar-refractivity contribution >= 4 is 17.5 Å². The van der Waals surface area contributed by atoms with Crippen LogP contribution in [0.1, 0.15) is 57.7 Å². The van der Waals surface area contributed by atoms with Crippen molar-refractivity contribution in [3.05, 3.63) is 52.1 Å². The molecule has 0 heterocycles. The van der Waals surface area contributed by atoms with Crippen molar-refractivity contribution in [2.24, 2.45) is 11.1 Å². The molecule has 0 radical (unpaired) electrons. The molecule has 0 spiro atoms. The van der Waals surface area contributed by atoms with Crippen molar-refractivity contribution in [3.63, 3.8) is 0 Å². The fourth-order valence-corrected chi connectivity index (χ4v) is 3.58. The number of carbonyl (C=O) groups is 3. The number of benzene rings is 2. The molecule has 0 saturated heterocycles. The number of ketones is 2. The monoisotopic (exact) mass is 369 g/mol. The summed E-state index contributed by atoms with van der Waals surface area (Å²) in [7, 11) is 0. The number of rotatable bonds is 4. The van der Waals surface area contributed by atoms with Gasteiger partial charge in [0, 0.05) is 12.0 Å². The average Bonchev–Trinajstić information content (AvgIpc) is 2.53. The molecule has 140 valence electrons. The van der Waals surface area contributed by atoms with Crippen LogP contribution in [0.15, 0.2) is 24.3 Å². The minimum Gasteiger partial charge on any atom is -0.507 e. The Balaban J connectivity index is 2.17. The van der Waals surface area contributed by atoms with Crippen LogP contribution in [0.4, 0.5) is 0 Å². The molecule has 2 aromatic carbocycles. The average molecular weight is 369 g/mol. The first-order valence-electron chi connectivity index (χ1n) is 8.31. The number of phenols is 3. The Morgan fingerprint density at radius 1 is 1.00 bits per heavy atom. The van der Waals surface area contributed by atoms with Gasteiger partial charge in [0.2, 0.25) is 11.7 Å². The second-order valence-electron chi connectivity index (χ2n) is 7.50. The van der Waals surface area contributed by atoms with Gasteiger partial charge >= 0.3 is 0 Å². The molecular weight excluding hydrogens is 350 g/mol. The van der Waals surface area contributed by atoms with Gasteiger partial charge < -0.3 is 21.1 Å². The molecule has 0 bridgehead atoms. The van der Waals surface area contributed by atoms with E-state index in [-0.39, 0.29) is 46.4 Å². The maximum atomic E-state index is 12.9. The number of carbonyl (C=O) groups excluding carboxylic acids is 3. The Morgan fingerprint density at radius 3 is 2.30 bits per heavy atom. The highest BCUT2D eigenvalue weighted by molar-refractivity contribution is 6.31.